The van der Waals surface area contributed by atoms with Crippen LogP contribution in [0.1, 0.15) is 58.7 Å². The third kappa shape index (κ3) is 6.70. The van der Waals surface area contributed by atoms with Gasteiger partial charge in [0.1, 0.15) is 17.5 Å². The molecule has 4 N–H and O–H groups in total. The van der Waals surface area contributed by atoms with Crippen molar-refractivity contribution in [1.82, 2.24) is 9.97 Å². The van der Waals surface area contributed by atoms with Crippen LogP contribution >= 0.6 is 0 Å². The van der Waals surface area contributed by atoms with Crippen LogP contribution in [0.2, 0.25) is 0 Å². The molecular formula is C15H29N5. The third-order valence-electron chi connectivity index (χ3n) is 3.25. The fourth-order valence-corrected chi connectivity index (χ4v) is 2.07. The van der Waals surface area contributed by atoms with Gasteiger partial charge >= 0.3 is 0 Å². The number of nitrogens with one attached hydrogen (secondary N) is 2. The summed E-state index contributed by atoms with van der Waals surface area (Å²) in [4.78, 5) is 8.71. The van der Waals surface area contributed by atoms with E-state index in [2.05, 4.69) is 34.6 Å². The number of nitrogens with two attached hydrogens (primary N) is 1. The second-order valence-corrected chi connectivity index (χ2v) is 5.58. The first-order chi connectivity index (χ1) is 9.65. The second-order valence-electron chi connectivity index (χ2n) is 5.58. The lowest BCUT2D eigenvalue weighted by atomic mass is 10.0. The van der Waals surface area contributed by atoms with E-state index in [1.165, 1.54) is 32.1 Å². The first-order valence-corrected chi connectivity index (χ1v) is 7.74. The fourth-order valence-electron chi connectivity index (χ4n) is 2.07. The molecule has 0 aliphatic rings. The number of rotatable bonds is 10. The Morgan fingerprint density at radius 3 is 2.45 bits per heavy atom. The smallest absolute Gasteiger partial charge is 0.145 e. The van der Waals surface area contributed by atoms with E-state index in [1.54, 1.807) is 0 Å². The molecule has 0 radical (unpaired) electrons. The number of unbranched alkanes of at least 4 members (excludes halogenated alkanes) is 3. The Balaban J connectivity index is 2.24. The van der Waals surface area contributed by atoms with Gasteiger partial charge in [-0.2, -0.15) is 0 Å². The van der Waals surface area contributed by atoms with Crippen LogP contribution in [0.3, 0.4) is 0 Å². The summed E-state index contributed by atoms with van der Waals surface area (Å²) in [7, 11) is 0. The monoisotopic (exact) mass is 279 g/mol. The number of nitrogen functional groups attached to an aromatic ring is 1. The lowest BCUT2D eigenvalue weighted by Gasteiger charge is -2.09. The maximum absolute atomic E-state index is 5.41. The van der Waals surface area contributed by atoms with Crippen LogP contribution in [0, 0.1) is 5.92 Å². The van der Waals surface area contributed by atoms with Crippen molar-refractivity contribution < 1.29 is 0 Å². The minimum Gasteiger partial charge on any atom is -0.370 e. The SMILES string of the molecule is CCc1nc(NN)cc(NCCCCCCC(C)C)n1. The molecule has 1 rings (SSSR count). The zero-order valence-corrected chi connectivity index (χ0v) is 13.1. The number of aryl methyl sites for hydroxylation is 1. The van der Waals surface area contributed by atoms with Gasteiger partial charge < -0.3 is 10.7 Å². The molecule has 0 unspecified atom stereocenters. The molecule has 0 aliphatic carbocycles. The molecule has 0 bridgehead atoms. The Labute approximate surface area is 122 Å². The summed E-state index contributed by atoms with van der Waals surface area (Å²) in [6, 6.07) is 1.85. The van der Waals surface area contributed by atoms with E-state index in [0.29, 0.717) is 5.82 Å². The molecule has 0 atom stereocenters. The molecule has 1 heterocycles. The molecule has 1 aromatic heterocycles. The average Bonchev–Trinajstić information content (AvgIpc) is 2.45. The molecule has 0 amide bonds. The van der Waals surface area contributed by atoms with Gasteiger partial charge in [-0.25, -0.2) is 15.8 Å². The highest BCUT2D eigenvalue weighted by Crippen LogP contribution is 2.12. The maximum Gasteiger partial charge on any atom is 0.145 e. The van der Waals surface area contributed by atoms with E-state index in [9.17, 15) is 0 Å². The first-order valence-electron chi connectivity index (χ1n) is 7.74. The highest BCUT2D eigenvalue weighted by atomic mass is 15.3. The highest BCUT2D eigenvalue weighted by Gasteiger charge is 2.02. The highest BCUT2D eigenvalue weighted by molar-refractivity contribution is 5.46. The molecule has 1 aromatic rings. The molecule has 0 spiro atoms. The van der Waals surface area contributed by atoms with Gasteiger partial charge in [0, 0.05) is 19.0 Å². The van der Waals surface area contributed by atoms with Crippen LogP contribution in [0.25, 0.3) is 0 Å². The second kappa shape index (κ2) is 9.53. The maximum atomic E-state index is 5.41. The Hall–Kier alpha value is -1.36. The first kappa shape index (κ1) is 16.7. The van der Waals surface area contributed by atoms with Gasteiger partial charge in [0.15, 0.2) is 0 Å². The Morgan fingerprint density at radius 1 is 1.10 bits per heavy atom. The summed E-state index contributed by atoms with van der Waals surface area (Å²) in [5, 5.41) is 3.35. The zero-order chi connectivity index (χ0) is 14.8. The van der Waals surface area contributed by atoms with Crippen molar-refractivity contribution in [2.75, 3.05) is 17.3 Å². The molecule has 20 heavy (non-hydrogen) atoms. The van der Waals surface area contributed by atoms with E-state index < -0.39 is 0 Å². The Bertz CT molecular complexity index is 356. The van der Waals surface area contributed by atoms with E-state index in [-0.39, 0.29) is 0 Å². The summed E-state index contributed by atoms with van der Waals surface area (Å²) in [5.41, 5.74) is 2.58. The molecule has 0 saturated heterocycles. The largest absolute Gasteiger partial charge is 0.370 e. The van der Waals surface area contributed by atoms with Crippen molar-refractivity contribution in [2.24, 2.45) is 11.8 Å². The van der Waals surface area contributed by atoms with Crippen LogP contribution in [-0.2, 0) is 6.42 Å². The molecule has 5 nitrogen and oxygen atoms in total. The Morgan fingerprint density at radius 2 is 1.80 bits per heavy atom. The van der Waals surface area contributed by atoms with Crippen molar-refractivity contribution in [1.29, 1.82) is 0 Å². The number of anilines is 2. The van der Waals surface area contributed by atoms with E-state index in [4.69, 9.17) is 5.84 Å². The molecule has 0 saturated carbocycles. The summed E-state index contributed by atoms with van der Waals surface area (Å²) >= 11 is 0. The quantitative estimate of drug-likeness (QED) is 0.348. The Kier molecular flexibility index (Phi) is 7.95. The van der Waals surface area contributed by atoms with Gasteiger partial charge in [-0.15, -0.1) is 0 Å². The van der Waals surface area contributed by atoms with Gasteiger partial charge in [-0.05, 0) is 12.3 Å². The molecular weight excluding hydrogens is 250 g/mol. The number of nitrogens with zero attached hydrogens (tertiary/aromatic N) is 2. The molecule has 5 heteroatoms. The summed E-state index contributed by atoms with van der Waals surface area (Å²) in [6.07, 6.45) is 7.25. The van der Waals surface area contributed by atoms with Crippen LogP contribution in [0.5, 0.6) is 0 Å². The van der Waals surface area contributed by atoms with Gasteiger partial charge in [-0.1, -0.05) is 46.5 Å². The van der Waals surface area contributed by atoms with E-state index >= 15 is 0 Å². The fraction of sp³-hybridized carbons (Fsp3) is 0.733. The molecule has 0 aliphatic heterocycles. The van der Waals surface area contributed by atoms with Crippen molar-refractivity contribution in [2.45, 2.75) is 59.3 Å². The van der Waals surface area contributed by atoms with E-state index in [1.807, 2.05) is 13.0 Å². The summed E-state index contributed by atoms with van der Waals surface area (Å²) in [5.74, 6) is 8.55. The van der Waals surface area contributed by atoms with Crippen molar-refractivity contribution >= 4 is 11.6 Å². The average molecular weight is 279 g/mol. The van der Waals surface area contributed by atoms with Gasteiger partial charge in [-0.3, -0.25) is 0 Å². The number of hydrogen-bond acceptors (Lipinski definition) is 5. The predicted molar refractivity (Wildman–Crippen MR) is 85.6 cm³/mol. The van der Waals surface area contributed by atoms with Crippen molar-refractivity contribution in [3.63, 3.8) is 0 Å². The minimum absolute atomic E-state index is 0.663. The normalized spacial score (nSPS) is 10.8. The lowest BCUT2D eigenvalue weighted by Crippen LogP contribution is -2.12. The van der Waals surface area contributed by atoms with Crippen LogP contribution in [0.15, 0.2) is 6.07 Å². The third-order valence-corrected chi connectivity index (χ3v) is 3.25. The minimum atomic E-state index is 0.663. The van der Waals surface area contributed by atoms with Crippen molar-refractivity contribution in [3.05, 3.63) is 11.9 Å². The van der Waals surface area contributed by atoms with Gasteiger partial charge in [0.2, 0.25) is 0 Å². The molecule has 114 valence electrons. The summed E-state index contributed by atoms with van der Waals surface area (Å²) in [6.45, 7) is 7.55. The standard InChI is InChI=1S/C15H29N5/c1-4-13-18-14(11-15(19-13)20-16)17-10-8-6-5-7-9-12(2)3/h11-12H,4-10,16H2,1-3H3,(H2,17,18,19,20). The van der Waals surface area contributed by atoms with Crippen LogP contribution in [0.4, 0.5) is 11.6 Å². The number of hydrogen-bond donors (Lipinski definition) is 3. The molecule has 0 aromatic carbocycles. The van der Waals surface area contributed by atoms with Crippen LogP contribution in [-0.4, -0.2) is 16.5 Å². The molecule has 0 fully saturated rings. The van der Waals surface area contributed by atoms with Gasteiger partial charge in [0.05, 0.1) is 0 Å². The number of aromatic nitrogens is 2. The van der Waals surface area contributed by atoms with E-state index in [0.717, 1.165) is 30.5 Å². The van der Waals surface area contributed by atoms with Crippen molar-refractivity contribution in [3.8, 4) is 0 Å². The number of hydrazine groups is 1. The lowest BCUT2D eigenvalue weighted by molar-refractivity contribution is 0.523. The topological polar surface area (TPSA) is 75.9 Å². The van der Waals surface area contributed by atoms with Gasteiger partial charge in [0.25, 0.3) is 0 Å². The predicted octanol–water partition coefficient (Wildman–Crippen LogP) is 3.34. The van der Waals surface area contributed by atoms with Crippen LogP contribution < -0.4 is 16.6 Å². The zero-order valence-electron chi connectivity index (χ0n) is 13.1. The summed E-state index contributed by atoms with van der Waals surface area (Å²) < 4.78 is 0.